The Morgan fingerprint density at radius 2 is 2.06 bits per heavy atom. The lowest BCUT2D eigenvalue weighted by molar-refractivity contribution is 0.179. The summed E-state index contributed by atoms with van der Waals surface area (Å²) in [6.07, 6.45) is 1.76. The Labute approximate surface area is 107 Å². The summed E-state index contributed by atoms with van der Waals surface area (Å²) in [4.78, 5) is 6.83. The average molecular weight is 251 g/mol. The number of thiocarbonyl (C=S) groups is 1. The molecule has 2 rings (SSSR count). The van der Waals surface area contributed by atoms with E-state index in [2.05, 4.69) is 27.4 Å². The van der Waals surface area contributed by atoms with Gasteiger partial charge in [0.05, 0.1) is 17.6 Å². The van der Waals surface area contributed by atoms with Gasteiger partial charge in [-0.05, 0) is 19.2 Å². The predicted molar refractivity (Wildman–Crippen MR) is 72.8 cm³/mol. The molecule has 2 heterocycles. The van der Waals surface area contributed by atoms with Gasteiger partial charge in [0, 0.05) is 26.2 Å². The minimum absolute atomic E-state index is 0.330. The number of nitrogens with two attached hydrogens (primary N) is 1. The van der Waals surface area contributed by atoms with Gasteiger partial charge < -0.3 is 16.1 Å². The quantitative estimate of drug-likeness (QED) is 0.753. The van der Waals surface area contributed by atoms with E-state index < -0.39 is 0 Å². The molecule has 1 aromatic rings. The number of nitrogens with zero attached hydrogens (tertiary/aromatic N) is 3. The predicted octanol–water partition coefficient (Wildman–Crippen LogP) is 0.290. The minimum atomic E-state index is 0.330. The molecule has 6 heteroatoms. The SMILES string of the molecule is CN1CCN(Nc2ccc(C(N)=S)nc2)CC1. The summed E-state index contributed by atoms with van der Waals surface area (Å²) >= 11 is 4.86. The Bertz CT molecular complexity index is 383. The summed E-state index contributed by atoms with van der Waals surface area (Å²) in [5.41, 5.74) is 10.4. The highest BCUT2D eigenvalue weighted by Gasteiger charge is 2.13. The van der Waals surface area contributed by atoms with Gasteiger partial charge in [0.1, 0.15) is 4.99 Å². The lowest BCUT2D eigenvalue weighted by Crippen LogP contribution is -2.46. The molecule has 0 bridgehead atoms. The number of hydrogen-bond acceptors (Lipinski definition) is 5. The van der Waals surface area contributed by atoms with Gasteiger partial charge in [0.15, 0.2) is 0 Å². The second-order valence-corrected chi connectivity index (χ2v) is 4.64. The van der Waals surface area contributed by atoms with E-state index in [1.165, 1.54) is 0 Å². The zero-order chi connectivity index (χ0) is 12.3. The summed E-state index contributed by atoms with van der Waals surface area (Å²) in [5, 5.41) is 2.19. The first kappa shape index (κ1) is 12.2. The van der Waals surface area contributed by atoms with Crippen molar-refractivity contribution in [3.05, 3.63) is 24.0 Å². The van der Waals surface area contributed by atoms with Crippen LogP contribution in [0, 0.1) is 0 Å². The van der Waals surface area contributed by atoms with Gasteiger partial charge in [-0.2, -0.15) is 0 Å². The lowest BCUT2D eigenvalue weighted by Gasteiger charge is -2.32. The fourth-order valence-electron chi connectivity index (χ4n) is 1.71. The Balaban J connectivity index is 1.92. The van der Waals surface area contributed by atoms with Crippen LogP contribution in [0.2, 0.25) is 0 Å². The number of hydrazine groups is 1. The average Bonchev–Trinajstić information content (AvgIpc) is 2.33. The molecule has 0 amide bonds. The van der Waals surface area contributed by atoms with Crippen molar-refractivity contribution in [3.8, 4) is 0 Å². The monoisotopic (exact) mass is 251 g/mol. The van der Waals surface area contributed by atoms with Gasteiger partial charge in [-0.3, -0.25) is 4.98 Å². The molecule has 1 aliphatic rings. The Hall–Kier alpha value is -1.24. The number of aromatic nitrogens is 1. The summed E-state index contributed by atoms with van der Waals surface area (Å²) in [5.74, 6) is 0. The van der Waals surface area contributed by atoms with Crippen molar-refractivity contribution >= 4 is 22.9 Å². The van der Waals surface area contributed by atoms with Gasteiger partial charge in [-0.15, -0.1) is 0 Å². The Morgan fingerprint density at radius 3 is 2.59 bits per heavy atom. The molecular weight excluding hydrogens is 234 g/mol. The molecule has 0 spiro atoms. The van der Waals surface area contributed by atoms with E-state index >= 15 is 0 Å². The number of anilines is 1. The van der Waals surface area contributed by atoms with Crippen LogP contribution in [0.3, 0.4) is 0 Å². The second-order valence-electron chi connectivity index (χ2n) is 4.20. The standard InChI is InChI=1S/C11H17N5S/c1-15-4-6-16(7-5-15)14-9-2-3-10(11(12)17)13-8-9/h2-3,8,14H,4-7H2,1H3,(H2,12,17). The molecule has 1 saturated heterocycles. The Kier molecular flexibility index (Phi) is 3.88. The molecular formula is C11H17N5S. The number of likely N-dealkylation sites (N-methyl/N-ethyl adjacent to an activating group) is 1. The van der Waals surface area contributed by atoms with E-state index in [0.717, 1.165) is 31.9 Å². The smallest absolute Gasteiger partial charge is 0.122 e. The van der Waals surface area contributed by atoms with Gasteiger partial charge >= 0.3 is 0 Å². The highest BCUT2D eigenvalue weighted by molar-refractivity contribution is 7.80. The molecule has 1 aliphatic heterocycles. The van der Waals surface area contributed by atoms with Crippen LogP contribution in [0.4, 0.5) is 5.69 Å². The molecule has 0 saturated carbocycles. The first-order valence-electron chi connectivity index (χ1n) is 5.61. The molecule has 92 valence electrons. The number of rotatable bonds is 3. The summed E-state index contributed by atoms with van der Waals surface area (Å²) in [6, 6.07) is 3.78. The zero-order valence-electron chi connectivity index (χ0n) is 9.89. The van der Waals surface area contributed by atoms with Crippen molar-refractivity contribution in [3.63, 3.8) is 0 Å². The maximum atomic E-state index is 5.50. The summed E-state index contributed by atoms with van der Waals surface area (Å²) < 4.78 is 0. The number of pyridine rings is 1. The number of nitrogens with one attached hydrogen (secondary N) is 1. The molecule has 1 aromatic heterocycles. The summed E-state index contributed by atoms with van der Waals surface area (Å²) in [6.45, 7) is 4.16. The second kappa shape index (κ2) is 5.39. The van der Waals surface area contributed by atoms with Crippen molar-refractivity contribution in [2.75, 3.05) is 38.7 Å². The van der Waals surface area contributed by atoms with Gasteiger partial charge in [-0.25, -0.2) is 5.01 Å². The van der Waals surface area contributed by atoms with E-state index in [4.69, 9.17) is 18.0 Å². The third-order valence-electron chi connectivity index (χ3n) is 2.81. The van der Waals surface area contributed by atoms with Crippen molar-refractivity contribution in [2.24, 2.45) is 5.73 Å². The van der Waals surface area contributed by atoms with Crippen molar-refractivity contribution in [2.45, 2.75) is 0 Å². The molecule has 0 aromatic carbocycles. The molecule has 3 N–H and O–H groups in total. The van der Waals surface area contributed by atoms with Crippen molar-refractivity contribution in [1.82, 2.24) is 14.9 Å². The first-order chi connectivity index (χ1) is 8.15. The fraction of sp³-hybridized carbons (Fsp3) is 0.455. The molecule has 5 nitrogen and oxygen atoms in total. The van der Waals surface area contributed by atoms with Gasteiger partial charge in [-0.1, -0.05) is 12.2 Å². The van der Waals surface area contributed by atoms with Crippen LogP contribution in [0.5, 0.6) is 0 Å². The van der Waals surface area contributed by atoms with Crippen LogP contribution in [0.15, 0.2) is 18.3 Å². The third-order valence-corrected chi connectivity index (χ3v) is 3.02. The molecule has 0 radical (unpaired) electrons. The highest BCUT2D eigenvalue weighted by Crippen LogP contribution is 2.09. The fourth-order valence-corrected chi connectivity index (χ4v) is 1.83. The van der Waals surface area contributed by atoms with Crippen LogP contribution in [0.1, 0.15) is 5.69 Å². The van der Waals surface area contributed by atoms with E-state index in [0.29, 0.717) is 10.7 Å². The van der Waals surface area contributed by atoms with E-state index in [1.807, 2.05) is 12.1 Å². The molecule has 1 fully saturated rings. The largest absolute Gasteiger partial charge is 0.388 e. The van der Waals surface area contributed by atoms with Crippen LogP contribution >= 0.6 is 12.2 Å². The van der Waals surface area contributed by atoms with E-state index in [1.54, 1.807) is 6.20 Å². The Morgan fingerprint density at radius 1 is 1.35 bits per heavy atom. The minimum Gasteiger partial charge on any atom is -0.388 e. The van der Waals surface area contributed by atoms with Crippen LogP contribution in [-0.4, -0.2) is 53.1 Å². The number of hydrogen-bond donors (Lipinski definition) is 2. The van der Waals surface area contributed by atoms with Gasteiger partial charge in [0.2, 0.25) is 0 Å². The lowest BCUT2D eigenvalue weighted by atomic mass is 10.3. The third kappa shape index (κ3) is 3.36. The highest BCUT2D eigenvalue weighted by atomic mass is 32.1. The maximum Gasteiger partial charge on any atom is 0.122 e. The normalized spacial score (nSPS) is 17.9. The molecule has 0 unspecified atom stereocenters. The van der Waals surface area contributed by atoms with Crippen molar-refractivity contribution in [1.29, 1.82) is 0 Å². The molecule has 17 heavy (non-hydrogen) atoms. The van der Waals surface area contributed by atoms with Crippen molar-refractivity contribution < 1.29 is 0 Å². The topological polar surface area (TPSA) is 57.4 Å². The maximum absolute atomic E-state index is 5.50. The van der Waals surface area contributed by atoms with Crippen LogP contribution in [-0.2, 0) is 0 Å². The van der Waals surface area contributed by atoms with E-state index in [9.17, 15) is 0 Å². The molecule has 0 aliphatic carbocycles. The van der Waals surface area contributed by atoms with E-state index in [-0.39, 0.29) is 0 Å². The first-order valence-corrected chi connectivity index (χ1v) is 6.02. The number of piperazine rings is 1. The van der Waals surface area contributed by atoms with Crippen LogP contribution in [0.25, 0.3) is 0 Å². The summed E-state index contributed by atoms with van der Waals surface area (Å²) in [7, 11) is 2.13. The van der Waals surface area contributed by atoms with Gasteiger partial charge in [0.25, 0.3) is 0 Å². The van der Waals surface area contributed by atoms with Crippen LogP contribution < -0.4 is 11.2 Å². The zero-order valence-corrected chi connectivity index (χ0v) is 10.7. The molecule has 0 atom stereocenters.